The molecule has 7 heteroatoms. The number of nitrogens with zero attached hydrogens (tertiary/aromatic N) is 1. The maximum absolute atomic E-state index is 13.1. The zero-order valence-electron chi connectivity index (χ0n) is 17.8. The van der Waals surface area contributed by atoms with Gasteiger partial charge in [0.15, 0.2) is 11.5 Å². The summed E-state index contributed by atoms with van der Waals surface area (Å²) >= 11 is 0. The van der Waals surface area contributed by atoms with Crippen molar-refractivity contribution in [2.45, 2.75) is 25.6 Å². The lowest BCUT2D eigenvalue weighted by Crippen LogP contribution is -2.51. The summed E-state index contributed by atoms with van der Waals surface area (Å²) in [5.41, 5.74) is 1.41. The zero-order valence-corrected chi connectivity index (χ0v) is 17.8. The molecule has 1 N–H and O–H groups in total. The number of β-amino-alcohol motifs (C(OH)–C–C–N with tert-alkyl or cyclic N) is 1. The number of carbonyl (C=O) groups is 1. The van der Waals surface area contributed by atoms with Gasteiger partial charge in [0.25, 0.3) is 5.91 Å². The van der Waals surface area contributed by atoms with Crippen LogP contribution in [0.25, 0.3) is 11.3 Å². The maximum atomic E-state index is 13.1. The number of furan rings is 1. The third kappa shape index (κ3) is 4.03. The molecule has 2 aliphatic heterocycles. The Morgan fingerprint density at radius 2 is 1.94 bits per heavy atom. The molecule has 0 radical (unpaired) electrons. The number of aliphatic hydroxyl groups is 1. The van der Waals surface area contributed by atoms with E-state index in [-0.39, 0.29) is 12.5 Å². The fraction of sp³-hybridized carbons (Fsp3) is 0.320. The molecule has 1 aromatic heterocycles. The molecular formula is C25H25NO6. The molecule has 0 aliphatic carbocycles. The molecule has 1 saturated heterocycles. The Morgan fingerprint density at radius 1 is 1.09 bits per heavy atom. The smallest absolute Gasteiger partial charge is 0.253 e. The van der Waals surface area contributed by atoms with Gasteiger partial charge in [-0.1, -0.05) is 18.2 Å². The van der Waals surface area contributed by atoms with Crippen molar-refractivity contribution in [1.82, 2.24) is 4.90 Å². The molecule has 0 bridgehead atoms. The Bertz CT molecular complexity index is 1120. The zero-order chi connectivity index (χ0) is 22.1. The highest BCUT2D eigenvalue weighted by Crippen LogP contribution is 2.40. The fourth-order valence-corrected chi connectivity index (χ4v) is 4.11. The first-order valence-corrected chi connectivity index (χ1v) is 10.8. The Balaban J connectivity index is 1.26. The van der Waals surface area contributed by atoms with Crippen molar-refractivity contribution in [3.63, 3.8) is 0 Å². The van der Waals surface area contributed by atoms with E-state index >= 15 is 0 Å². The number of benzene rings is 2. The highest BCUT2D eigenvalue weighted by atomic mass is 16.6. The van der Waals surface area contributed by atoms with Gasteiger partial charge >= 0.3 is 0 Å². The molecule has 0 unspecified atom stereocenters. The number of piperidine rings is 1. The fourth-order valence-electron chi connectivity index (χ4n) is 4.11. The summed E-state index contributed by atoms with van der Waals surface area (Å²) in [6.07, 6.45) is -0.744. The van der Waals surface area contributed by atoms with Crippen LogP contribution in [0.15, 0.2) is 59.0 Å². The number of aryl methyl sites for hydroxylation is 1. The van der Waals surface area contributed by atoms with Crippen molar-refractivity contribution in [3.05, 3.63) is 65.9 Å². The van der Waals surface area contributed by atoms with Crippen LogP contribution in [0.1, 0.15) is 22.5 Å². The summed E-state index contributed by atoms with van der Waals surface area (Å²) < 4.78 is 23.0. The third-order valence-electron chi connectivity index (χ3n) is 5.75. The number of ether oxygens (including phenoxy) is 3. The molecule has 5 rings (SSSR count). The van der Waals surface area contributed by atoms with E-state index in [1.807, 2.05) is 49.4 Å². The molecule has 0 spiro atoms. The summed E-state index contributed by atoms with van der Waals surface area (Å²) in [7, 11) is 0. The Hall–Kier alpha value is -3.45. The highest BCUT2D eigenvalue weighted by Gasteiger charge is 2.33. The van der Waals surface area contributed by atoms with Crippen LogP contribution >= 0.6 is 0 Å². The lowest BCUT2D eigenvalue weighted by atomic mass is 10.0. The Morgan fingerprint density at radius 3 is 2.75 bits per heavy atom. The van der Waals surface area contributed by atoms with Crippen LogP contribution in [-0.2, 0) is 0 Å². The molecule has 3 heterocycles. The average Bonchev–Trinajstić information content (AvgIpc) is 3.26. The number of rotatable bonds is 4. The molecule has 7 nitrogen and oxygen atoms in total. The van der Waals surface area contributed by atoms with Gasteiger partial charge < -0.3 is 28.6 Å². The molecule has 1 amide bonds. The SMILES string of the molecule is Cc1ccc(-c2cccc(C(=O)N3CC[C@@H](Oc4cccc5c4OCCO5)[C@H](O)C3)c2)o1. The number of carbonyl (C=O) groups excluding carboxylic acids is 1. The molecule has 166 valence electrons. The Kier molecular flexibility index (Phi) is 5.49. The van der Waals surface area contributed by atoms with Crippen LogP contribution in [0, 0.1) is 6.92 Å². The normalized spacial score (nSPS) is 20.1. The summed E-state index contributed by atoms with van der Waals surface area (Å²) in [6, 6.07) is 16.6. The van der Waals surface area contributed by atoms with E-state index < -0.39 is 12.2 Å². The third-order valence-corrected chi connectivity index (χ3v) is 5.75. The second-order valence-electron chi connectivity index (χ2n) is 8.03. The number of amides is 1. The van der Waals surface area contributed by atoms with E-state index in [9.17, 15) is 9.90 Å². The maximum Gasteiger partial charge on any atom is 0.253 e. The number of fused-ring (bicyclic) bond motifs is 1. The van der Waals surface area contributed by atoms with Gasteiger partial charge in [0.2, 0.25) is 5.75 Å². The molecule has 2 atom stereocenters. The molecule has 32 heavy (non-hydrogen) atoms. The van der Waals surface area contributed by atoms with E-state index in [4.69, 9.17) is 18.6 Å². The summed E-state index contributed by atoms with van der Waals surface area (Å²) in [5.74, 6) is 3.17. The number of hydrogen-bond donors (Lipinski definition) is 1. The number of hydrogen-bond acceptors (Lipinski definition) is 6. The lowest BCUT2D eigenvalue weighted by Gasteiger charge is -2.36. The van der Waals surface area contributed by atoms with Crippen LogP contribution in [0.5, 0.6) is 17.2 Å². The largest absolute Gasteiger partial charge is 0.486 e. The van der Waals surface area contributed by atoms with Crippen LogP contribution in [0.3, 0.4) is 0 Å². The van der Waals surface area contributed by atoms with Gasteiger partial charge in [0.1, 0.15) is 36.9 Å². The first-order valence-electron chi connectivity index (χ1n) is 10.8. The van der Waals surface area contributed by atoms with Crippen LogP contribution in [0.2, 0.25) is 0 Å². The van der Waals surface area contributed by atoms with Crippen molar-refractivity contribution in [1.29, 1.82) is 0 Å². The Labute approximate surface area is 186 Å². The van der Waals surface area contributed by atoms with Crippen molar-refractivity contribution >= 4 is 5.91 Å². The second-order valence-corrected chi connectivity index (χ2v) is 8.03. The quantitative estimate of drug-likeness (QED) is 0.673. The summed E-state index contributed by atoms with van der Waals surface area (Å²) in [5, 5.41) is 10.7. The van der Waals surface area contributed by atoms with Gasteiger partial charge in [-0.15, -0.1) is 0 Å². The number of aliphatic hydroxyl groups excluding tert-OH is 1. The number of likely N-dealkylation sites (tertiary alicyclic amines) is 1. The second kappa shape index (κ2) is 8.59. The first kappa shape index (κ1) is 20.5. The summed E-state index contributed by atoms with van der Waals surface area (Å²) in [6.45, 7) is 3.52. The molecule has 0 saturated carbocycles. The van der Waals surface area contributed by atoms with Crippen LogP contribution in [-0.4, -0.2) is 54.4 Å². The van der Waals surface area contributed by atoms with Crippen molar-refractivity contribution in [3.8, 4) is 28.6 Å². The minimum atomic E-state index is -0.816. The van der Waals surface area contributed by atoms with E-state index in [2.05, 4.69) is 0 Å². The monoisotopic (exact) mass is 435 g/mol. The van der Waals surface area contributed by atoms with E-state index in [1.165, 1.54) is 0 Å². The van der Waals surface area contributed by atoms with Crippen LogP contribution < -0.4 is 14.2 Å². The van der Waals surface area contributed by atoms with Gasteiger partial charge in [-0.2, -0.15) is 0 Å². The molecule has 2 aliphatic rings. The molecule has 3 aromatic rings. The lowest BCUT2D eigenvalue weighted by molar-refractivity contribution is -0.0214. The van der Waals surface area contributed by atoms with E-state index in [0.29, 0.717) is 49.0 Å². The standard InChI is InChI=1S/C25H25NO6/c1-16-8-9-20(31-16)17-4-2-5-18(14-17)25(28)26-11-10-21(19(27)15-26)32-23-7-3-6-22-24(23)30-13-12-29-22/h2-9,14,19,21,27H,10-13,15H2,1H3/t19-,21-/m1/s1. The molecule has 2 aromatic carbocycles. The van der Waals surface area contributed by atoms with Crippen molar-refractivity contribution in [2.24, 2.45) is 0 Å². The summed E-state index contributed by atoms with van der Waals surface area (Å²) in [4.78, 5) is 14.8. The molecular weight excluding hydrogens is 410 g/mol. The average molecular weight is 435 g/mol. The van der Waals surface area contributed by atoms with Gasteiger partial charge in [0.05, 0.1) is 6.54 Å². The van der Waals surface area contributed by atoms with Gasteiger partial charge in [-0.05, 0) is 43.3 Å². The van der Waals surface area contributed by atoms with E-state index in [0.717, 1.165) is 17.1 Å². The van der Waals surface area contributed by atoms with Crippen molar-refractivity contribution < 1.29 is 28.5 Å². The minimum Gasteiger partial charge on any atom is -0.486 e. The molecule has 1 fully saturated rings. The van der Waals surface area contributed by atoms with Gasteiger partial charge in [-0.3, -0.25) is 4.79 Å². The van der Waals surface area contributed by atoms with Gasteiger partial charge in [0, 0.05) is 24.1 Å². The topological polar surface area (TPSA) is 81.4 Å². The van der Waals surface area contributed by atoms with Crippen LogP contribution in [0.4, 0.5) is 0 Å². The first-order chi connectivity index (χ1) is 15.6. The van der Waals surface area contributed by atoms with Gasteiger partial charge in [-0.25, -0.2) is 0 Å². The highest BCUT2D eigenvalue weighted by molar-refractivity contribution is 5.95. The van der Waals surface area contributed by atoms with E-state index in [1.54, 1.807) is 17.0 Å². The predicted octanol–water partition coefficient (Wildman–Crippen LogP) is 3.68. The minimum absolute atomic E-state index is 0.124. The van der Waals surface area contributed by atoms with Crippen molar-refractivity contribution in [2.75, 3.05) is 26.3 Å². The predicted molar refractivity (Wildman–Crippen MR) is 117 cm³/mol. The number of para-hydroxylation sites is 1.